The van der Waals surface area contributed by atoms with Crippen molar-refractivity contribution in [3.05, 3.63) is 77.7 Å². The Kier molecular flexibility index (Phi) is 11.4. The van der Waals surface area contributed by atoms with Crippen LogP contribution in [0.25, 0.3) is 33.2 Å². The van der Waals surface area contributed by atoms with Gasteiger partial charge in [0.05, 0.1) is 0 Å². The molecule has 0 unspecified atom stereocenters. The molecule has 1 aliphatic rings. The Hall–Kier alpha value is -2.75. The van der Waals surface area contributed by atoms with Crippen molar-refractivity contribution >= 4 is 27.7 Å². The first-order chi connectivity index (χ1) is 20.7. The van der Waals surface area contributed by atoms with Crippen LogP contribution in [-0.2, 0) is 35.7 Å². The van der Waals surface area contributed by atoms with Crippen molar-refractivity contribution in [3.8, 4) is 11.3 Å². The molecule has 1 radical (unpaired) electrons. The molecule has 0 atom stereocenters. The summed E-state index contributed by atoms with van der Waals surface area (Å²) in [6.07, 6.45) is 8.96. The van der Waals surface area contributed by atoms with Crippen LogP contribution in [-0.4, -0.2) is 15.9 Å². The van der Waals surface area contributed by atoms with E-state index < -0.39 is 0 Å². The average molecular weight is 787 g/mol. The molecular formula is C40H52IrNO3-. The Morgan fingerprint density at radius 3 is 2.13 bits per heavy atom. The first-order valence-electron chi connectivity index (χ1n) is 16.5. The zero-order valence-electron chi connectivity index (χ0n) is 29.0. The first kappa shape index (κ1) is 36.7. The van der Waals surface area contributed by atoms with Gasteiger partial charge in [0.15, 0.2) is 5.78 Å². The molecule has 0 aliphatic heterocycles. The Labute approximate surface area is 284 Å². The molecule has 0 saturated heterocycles. The number of allylic oxidation sites excluding steroid dienone is 2. The van der Waals surface area contributed by atoms with Gasteiger partial charge in [-0.3, -0.25) is 4.79 Å². The van der Waals surface area contributed by atoms with Crippen LogP contribution in [0.4, 0.5) is 0 Å². The van der Waals surface area contributed by atoms with Crippen LogP contribution >= 0.6 is 0 Å². The van der Waals surface area contributed by atoms with Gasteiger partial charge in [-0.15, -0.1) is 35.9 Å². The fourth-order valence-electron chi connectivity index (χ4n) is 6.33. The zero-order chi connectivity index (χ0) is 32.5. The summed E-state index contributed by atoms with van der Waals surface area (Å²) >= 11 is 0. The van der Waals surface area contributed by atoms with Crippen molar-refractivity contribution in [2.75, 3.05) is 0 Å². The second kappa shape index (κ2) is 13.9. The van der Waals surface area contributed by atoms with E-state index in [2.05, 4.69) is 56.9 Å². The molecular weight excluding hydrogens is 735 g/mol. The molecule has 0 saturated carbocycles. The maximum absolute atomic E-state index is 12.2. The monoisotopic (exact) mass is 787 g/mol. The van der Waals surface area contributed by atoms with E-state index in [9.17, 15) is 9.90 Å². The third-order valence-corrected chi connectivity index (χ3v) is 10.9. The number of furan rings is 1. The molecule has 0 bridgehead atoms. The van der Waals surface area contributed by atoms with E-state index in [4.69, 9.17) is 4.42 Å². The number of carbonyl (C=O) groups is 1. The predicted molar refractivity (Wildman–Crippen MR) is 184 cm³/mol. The third kappa shape index (κ3) is 7.00. The Morgan fingerprint density at radius 2 is 1.56 bits per heavy atom. The maximum Gasteiger partial charge on any atom is 0.164 e. The number of hydrogen-bond donors (Lipinski definition) is 1. The van der Waals surface area contributed by atoms with Crippen LogP contribution in [0.1, 0.15) is 119 Å². The van der Waals surface area contributed by atoms with Crippen molar-refractivity contribution in [1.82, 2.24) is 4.98 Å². The Balaban J connectivity index is 0.000000270. The summed E-state index contributed by atoms with van der Waals surface area (Å²) in [4.78, 5) is 16.9. The van der Waals surface area contributed by atoms with Gasteiger partial charge in [0.2, 0.25) is 0 Å². The third-order valence-electron chi connectivity index (χ3n) is 10.9. The number of hydrogen-bond acceptors (Lipinski definition) is 4. The molecule has 1 aliphatic carbocycles. The van der Waals surface area contributed by atoms with Gasteiger partial charge in [0, 0.05) is 59.5 Å². The molecule has 1 N–H and O–H groups in total. The van der Waals surface area contributed by atoms with Gasteiger partial charge in [0.1, 0.15) is 16.9 Å². The quantitative estimate of drug-likeness (QED) is 0.110. The average Bonchev–Trinajstić information content (AvgIpc) is 3.41. The normalized spacial score (nSPS) is 16.0. The number of aliphatic hydroxyl groups excluding tert-OH is 1. The summed E-state index contributed by atoms with van der Waals surface area (Å²) in [6.45, 7) is 21.5. The fraction of sp³-hybridized carbons (Fsp3) is 0.500. The second-order valence-corrected chi connectivity index (χ2v) is 14.5. The minimum atomic E-state index is -0.337. The summed E-state index contributed by atoms with van der Waals surface area (Å²) in [5.41, 5.74) is 6.35. The molecule has 2 aromatic heterocycles. The Morgan fingerprint density at radius 1 is 0.933 bits per heavy atom. The zero-order valence-corrected chi connectivity index (χ0v) is 31.4. The number of aromatic nitrogens is 1. The van der Waals surface area contributed by atoms with E-state index in [0.717, 1.165) is 58.9 Å². The van der Waals surface area contributed by atoms with Gasteiger partial charge >= 0.3 is 0 Å². The van der Waals surface area contributed by atoms with Gasteiger partial charge in [0.25, 0.3) is 0 Å². The second-order valence-electron chi connectivity index (χ2n) is 14.5. The van der Waals surface area contributed by atoms with Crippen molar-refractivity contribution in [2.45, 2.75) is 119 Å². The minimum Gasteiger partial charge on any atom is -0.512 e. The molecule has 0 amide bonds. The number of carbonyl (C=O) groups excluding carboxylic acids is 1. The van der Waals surface area contributed by atoms with Crippen LogP contribution in [0.2, 0.25) is 0 Å². The number of rotatable bonds is 8. The molecule has 5 rings (SSSR count). The van der Waals surface area contributed by atoms with E-state index in [1.165, 1.54) is 30.0 Å². The molecule has 0 fully saturated rings. The van der Waals surface area contributed by atoms with E-state index in [1.807, 2.05) is 72.0 Å². The van der Waals surface area contributed by atoms with Gasteiger partial charge in [-0.2, -0.15) is 0 Å². The summed E-state index contributed by atoms with van der Waals surface area (Å²) in [6, 6.07) is 17.9. The summed E-state index contributed by atoms with van der Waals surface area (Å²) in [5, 5.41) is 12.4. The van der Waals surface area contributed by atoms with Crippen molar-refractivity contribution in [2.24, 2.45) is 10.8 Å². The van der Waals surface area contributed by atoms with Crippen LogP contribution in [0.5, 0.6) is 0 Å². The van der Waals surface area contributed by atoms with Crippen LogP contribution in [0, 0.1) is 16.9 Å². The molecule has 245 valence electrons. The number of ketones is 1. The number of fused-ring (bicyclic) bond motifs is 5. The van der Waals surface area contributed by atoms with Crippen LogP contribution in [0.15, 0.2) is 64.9 Å². The fourth-order valence-corrected chi connectivity index (χ4v) is 6.33. The summed E-state index contributed by atoms with van der Waals surface area (Å²) in [7, 11) is 0. The van der Waals surface area contributed by atoms with Gasteiger partial charge in [-0.25, -0.2) is 0 Å². The summed E-state index contributed by atoms with van der Waals surface area (Å²) < 4.78 is 6.49. The van der Waals surface area contributed by atoms with Gasteiger partial charge in [-0.05, 0) is 66.7 Å². The largest absolute Gasteiger partial charge is 0.512 e. The molecule has 45 heavy (non-hydrogen) atoms. The SMILES string of the molecule is CC1(C)CCC(C)(C)c2c1ccc1c2oc2ccnc(-c3[c-]cccc3)c21.CCC(C)(CC)C(=O)/C=C(\O)C(C)(CC)CC.[Ir]. The standard InChI is InChI=1S/C25H24NO.C15H28O2.Ir/c1-24(2)13-14-25(3,4)21-18(24)11-10-17-20-19(27-23(17)21)12-15-26-22(20)16-8-6-5-7-9-16;1-7-14(5,8-2)12(16)11-13(17)15(6,9-3)10-4;/h5-8,10-12,15H,13-14H2,1-4H3;11,16H,7-10H2,1-6H3;/q-1;;/b;12-11-;. The number of pyridine rings is 1. The maximum atomic E-state index is 12.2. The van der Waals surface area contributed by atoms with E-state index in [-0.39, 0.29) is 53.3 Å². The Bertz CT molecular complexity index is 1650. The van der Waals surface area contributed by atoms with Crippen molar-refractivity contribution < 1.29 is 34.4 Å². The number of aliphatic hydroxyl groups is 1. The molecule has 4 aromatic rings. The number of nitrogens with zero attached hydrogens (tertiary/aromatic N) is 1. The van der Waals surface area contributed by atoms with E-state index >= 15 is 0 Å². The smallest absolute Gasteiger partial charge is 0.164 e. The topological polar surface area (TPSA) is 63.3 Å². The molecule has 0 spiro atoms. The summed E-state index contributed by atoms with van der Waals surface area (Å²) in [5.74, 6) is 0.286. The predicted octanol–water partition coefficient (Wildman–Crippen LogP) is 11.4. The molecule has 5 heteroatoms. The number of benzene rings is 2. The van der Waals surface area contributed by atoms with Crippen LogP contribution in [0.3, 0.4) is 0 Å². The molecule has 2 heterocycles. The van der Waals surface area contributed by atoms with Gasteiger partial charge in [-0.1, -0.05) is 81.4 Å². The molecule has 4 nitrogen and oxygen atoms in total. The van der Waals surface area contributed by atoms with Crippen LogP contribution < -0.4 is 0 Å². The molecule has 2 aromatic carbocycles. The van der Waals surface area contributed by atoms with Crippen molar-refractivity contribution in [1.29, 1.82) is 0 Å². The van der Waals surface area contributed by atoms with E-state index in [0.29, 0.717) is 0 Å². The first-order valence-corrected chi connectivity index (χ1v) is 16.5. The van der Waals surface area contributed by atoms with Crippen molar-refractivity contribution in [3.63, 3.8) is 0 Å². The minimum absolute atomic E-state index is 0. The van der Waals surface area contributed by atoms with Gasteiger partial charge < -0.3 is 14.5 Å². The van der Waals surface area contributed by atoms with E-state index in [1.54, 1.807) is 0 Å².